The van der Waals surface area contributed by atoms with Crippen LogP contribution in [0.4, 0.5) is 17.1 Å². The van der Waals surface area contributed by atoms with Crippen molar-refractivity contribution in [2.45, 2.75) is 0 Å². The number of rotatable bonds is 8. The van der Waals surface area contributed by atoms with Gasteiger partial charge in [-0.15, -0.1) is 0 Å². The van der Waals surface area contributed by atoms with Crippen LogP contribution >= 0.6 is 0 Å². The lowest BCUT2D eigenvalue weighted by atomic mass is 9.89. The van der Waals surface area contributed by atoms with E-state index in [0.29, 0.717) is 0 Å². The van der Waals surface area contributed by atoms with Crippen molar-refractivity contribution < 1.29 is 4.42 Å². The average molecular weight is 840 g/mol. The summed E-state index contributed by atoms with van der Waals surface area (Å²) in [6.07, 6.45) is 0. The van der Waals surface area contributed by atoms with E-state index in [9.17, 15) is 0 Å². The van der Waals surface area contributed by atoms with Crippen molar-refractivity contribution in [2.24, 2.45) is 0 Å². The van der Waals surface area contributed by atoms with Gasteiger partial charge in [0.2, 0.25) is 0 Å². The topological polar surface area (TPSA) is 16.4 Å². The summed E-state index contributed by atoms with van der Waals surface area (Å²) in [6.45, 7) is 0. The summed E-state index contributed by atoms with van der Waals surface area (Å²) in [5.41, 5.74) is 16.6. The van der Waals surface area contributed by atoms with Crippen molar-refractivity contribution in [3.63, 3.8) is 0 Å². The second kappa shape index (κ2) is 15.5. The molecule has 0 aliphatic rings. The quantitative estimate of drug-likeness (QED) is 0.142. The van der Waals surface area contributed by atoms with Crippen LogP contribution in [-0.2, 0) is 0 Å². The molecule has 0 unspecified atom stereocenters. The SMILES string of the molecule is c1ccc(-c2ccc(N(c3ccc(-c4cccc5c4oc4ccccc45)cc3)c3ccccc3-c3ccccc3)cc2-c2ccc(-c3ccc4ccc5cccc6ccc3c4c56)cc2)cc1. The van der Waals surface area contributed by atoms with Gasteiger partial charge in [-0.2, -0.15) is 0 Å². The van der Waals surface area contributed by atoms with E-state index in [0.717, 1.165) is 72.4 Å². The van der Waals surface area contributed by atoms with E-state index in [1.165, 1.54) is 54.6 Å². The Hall–Kier alpha value is -8.72. The van der Waals surface area contributed by atoms with Gasteiger partial charge < -0.3 is 9.32 Å². The fourth-order valence-corrected chi connectivity index (χ4v) is 10.3. The van der Waals surface area contributed by atoms with Crippen molar-refractivity contribution in [2.75, 3.05) is 4.90 Å². The van der Waals surface area contributed by atoms with Crippen LogP contribution in [0.25, 0.3) is 110 Å². The summed E-state index contributed by atoms with van der Waals surface area (Å²) in [5, 5.41) is 10.0. The summed E-state index contributed by atoms with van der Waals surface area (Å²) in [7, 11) is 0. The third-order valence-corrected chi connectivity index (χ3v) is 13.5. The van der Waals surface area contributed by atoms with E-state index in [1.807, 2.05) is 12.1 Å². The lowest BCUT2D eigenvalue weighted by Crippen LogP contribution is -2.11. The van der Waals surface area contributed by atoms with Gasteiger partial charge in [0.25, 0.3) is 0 Å². The van der Waals surface area contributed by atoms with Crippen LogP contribution < -0.4 is 4.90 Å². The van der Waals surface area contributed by atoms with Gasteiger partial charge in [-0.05, 0) is 113 Å². The average Bonchev–Trinajstić information content (AvgIpc) is 3.78. The highest BCUT2D eigenvalue weighted by molar-refractivity contribution is 6.25. The monoisotopic (exact) mass is 839 g/mol. The van der Waals surface area contributed by atoms with Crippen LogP contribution in [0.5, 0.6) is 0 Å². The Morgan fingerprint density at radius 3 is 1.56 bits per heavy atom. The molecule has 66 heavy (non-hydrogen) atoms. The summed E-state index contributed by atoms with van der Waals surface area (Å²) in [6, 6.07) is 90.3. The Balaban J connectivity index is 0.962. The minimum Gasteiger partial charge on any atom is -0.455 e. The lowest BCUT2D eigenvalue weighted by molar-refractivity contribution is 0.670. The Morgan fingerprint density at radius 2 is 0.788 bits per heavy atom. The highest BCUT2D eigenvalue weighted by Gasteiger charge is 2.21. The third-order valence-electron chi connectivity index (χ3n) is 13.5. The van der Waals surface area contributed by atoms with Gasteiger partial charge in [-0.1, -0.05) is 212 Å². The van der Waals surface area contributed by atoms with Gasteiger partial charge in [0.15, 0.2) is 0 Å². The molecule has 0 spiro atoms. The molecule has 0 bridgehead atoms. The molecule has 1 heterocycles. The van der Waals surface area contributed by atoms with Crippen molar-refractivity contribution >= 4 is 71.3 Å². The molecule has 308 valence electrons. The molecule has 0 aliphatic carbocycles. The largest absolute Gasteiger partial charge is 0.455 e. The smallest absolute Gasteiger partial charge is 0.143 e. The Labute approximate surface area is 383 Å². The highest BCUT2D eigenvalue weighted by atomic mass is 16.3. The number of para-hydroxylation sites is 3. The van der Waals surface area contributed by atoms with Crippen molar-refractivity contribution in [1.29, 1.82) is 0 Å². The molecular weight excluding hydrogens is 799 g/mol. The number of benzene rings is 12. The molecule has 0 saturated heterocycles. The van der Waals surface area contributed by atoms with Gasteiger partial charge in [-0.25, -0.2) is 0 Å². The van der Waals surface area contributed by atoms with Gasteiger partial charge in [0.05, 0.1) is 5.69 Å². The zero-order chi connectivity index (χ0) is 43.6. The molecule has 0 amide bonds. The minimum absolute atomic E-state index is 0.900. The predicted octanol–water partition coefficient (Wildman–Crippen LogP) is 18.3. The molecule has 0 atom stereocenters. The second-order valence-electron chi connectivity index (χ2n) is 17.2. The normalized spacial score (nSPS) is 11.6. The summed E-state index contributed by atoms with van der Waals surface area (Å²) in [5.74, 6) is 0. The van der Waals surface area contributed by atoms with Crippen LogP contribution in [-0.4, -0.2) is 0 Å². The zero-order valence-electron chi connectivity index (χ0n) is 36.0. The van der Waals surface area contributed by atoms with E-state index < -0.39 is 0 Å². The molecule has 0 radical (unpaired) electrons. The summed E-state index contributed by atoms with van der Waals surface area (Å²) >= 11 is 0. The number of fused-ring (bicyclic) bond motifs is 3. The first-order valence-corrected chi connectivity index (χ1v) is 22.7. The third kappa shape index (κ3) is 6.26. The molecule has 0 fully saturated rings. The van der Waals surface area contributed by atoms with E-state index >= 15 is 0 Å². The van der Waals surface area contributed by atoms with E-state index in [1.54, 1.807) is 0 Å². The molecule has 0 saturated carbocycles. The van der Waals surface area contributed by atoms with Gasteiger partial charge >= 0.3 is 0 Å². The molecule has 13 aromatic rings. The first-order valence-electron chi connectivity index (χ1n) is 22.7. The molecule has 0 aliphatic heterocycles. The van der Waals surface area contributed by atoms with E-state index in [-0.39, 0.29) is 0 Å². The first-order chi connectivity index (χ1) is 32.7. The minimum atomic E-state index is 0.900. The van der Waals surface area contributed by atoms with Crippen LogP contribution in [0.2, 0.25) is 0 Å². The highest BCUT2D eigenvalue weighted by Crippen LogP contribution is 2.46. The molecule has 2 heteroatoms. The van der Waals surface area contributed by atoms with Crippen LogP contribution in [0.3, 0.4) is 0 Å². The fourth-order valence-electron chi connectivity index (χ4n) is 10.3. The number of anilines is 3. The van der Waals surface area contributed by atoms with Gasteiger partial charge in [-0.3, -0.25) is 0 Å². The lowest BCUT2D eigenvalue weighted by Gasteiger charge is -2.29. The molecule has 0 N–H and O–H groups in total. The fraction of sp³-hybridized carbons (Fsp3) is 0. The maximum atomic E-state index is 6.49. The van der Waals surface area contributed by atoms with Crippen LogP contribution in [0.1, 0.15) is 0 Å². The Morgan fingerprint density at radius 1 is 0.273 bits per heavy atom. The van der Waals surface area contributed by atoms with E-state index in [2.05, 4.69) is 241 Å². The predicted molar refractivity (Wildman–Crippen MR) is 279 cm³/mol. The number of furan rings is 1. The second-order valence-corrected chi connectivity index (χ2v) is 17.2. The Kier molecular flexibility index (Phi) is 8.89. The van der Waals surface area contributed by atoms with Crippen LogP contribution in [0.15, 0.2) is 253 Å². The van der Waals surface area contributed by atoms with Crippen molar-refractivity contribution in [3.8, 4) is 55.6 Å². The Bertz CT molecular complexity index is 3890. The first kappa shape index (κ1) is 37.8. The van der Waals surface area contributed by atoms with Gasteiger partial charge in [0.1, 0.15) is 11.2 Å². The summed E-state index contributed by atoms with van der Waals surface area (Å²) in [4.78, 5) is 2.41. The van der Waals surface area contributed by atoms with Crippen LogP contribution in [0, 0.1) is 0 Å². The summed E-state index contributed by atoms with van der Waals surface area (Å²) < 4.78 is 6.49. The van der Waals surface area contributed by atoms with E-state index in [4.69, 9.17) is 4.42 Å². The van der Waals surface area contributed by atoms with Crippen molar-refractivity contribution in [1.82, 2.24) is 0 Å². The maximum absolute atomic E-state index is 6.49. The zero-order valence-corrected chi connectivity index (χ0v) is 36.0. The molecular formula is C64H41NO. The molecule has 1 aromatic heterocycles. The number of hydrogen-bond acceptors (Lipinski definition) is 2. The standard InChI is InChI=1S/C64H41NO/c1-3-13-42(14-4-1)53-40-37-51(41-59(53)46-27-25-44(26-28-46)52-38-33-49-30-29-47-17-11-18-48-34-39-57(52)63(49)62(47)48)65(60-23-9-7-19-54(60)43-15-5-2-6-16-43)50-35-31-45(32-36-50)55-21-12-22-58-56-20-8-10-24-61(56)66-64(55)58/h1-41H. The molecule has 13 rings (SSSR count). The van der Waals surface area contributed by atoms with Gasteiger partial charge in [0, 0.05) is 33.3 Å². The van der Waals surface area contributed by atoms with Crippen molar-refractivity contribution in [3.05, 3.63) is 249 Å². The number of nitrogens with zero attached hydrogens (tertiary/aromatic N) is 1. The molecule has 12 aromatic carbocycles. The molecule has 2 nitrogen and oxygen atoms in total. The maximum Gasteiger partial charge on any atom is 0.143 e. The number of hydrogen-bond donors (Lipinski definition) is 0.